The highest BCUT2D eigenvalue weighted by Crippen LogP contribution is 2.40. The average molecular weight is 674 g/mol. The van der Waals surface area contributed by atoms with Gasteiger partial charge in [0.15, 0.2) is 0 Å². The summed E-state index contributed by atoms with van der Waals surface area (Å²) in [6, 6.07) is 67.4. The molecule has 2 heterocycles. The number of rotatable bonds is 4. The maximum Gasteiger partial charge on any atom is 0.235 e. The molecule has 0 aliphatic heterocycles. The lowest BCUT2D eigenvalue weighted by atomic mass is 9.98. The predicted octanol–water partition coefficient (Wildman–Crippen LogP) is 13.2. The van der Waals surface area contributed by atoms with Crippen LogP contribution in [-0.4, -0.2) is 14.5 Å². The second-order valence-corrected chi connectivity index (χ2v) is 13.8. The van der Waals surface area contributed by atoms with Crippen LogP contribution < -0.4 is 0 Å². The van der Waals surface area contributed by atoms with E-state index in [0.717, 1.165) is 44.3 Å². The molecule has 0 saturated carbocycles. The number of nitrogens with zero attached hydrogens (tertiary/aromatic N) is 3. The second-order valence-electron chi connectivity index (χ2n) is 13.8. The fraction of sp³-hybridized carbons (Fsp3) is 0. The molecule has 0 unspecified atom stereocenters. The van der Waals surface area contributed by atoms with Crippen molar-refractivity contribution >= 4 is 65.0 Å². The normalized spacial score (nSPS) is 11.8. The third-order valence-corrected chi connectivity index (χ3v) is 10.8. The van der Waals surface area contributed by atoms with Crippen molar-refractivity contribution in [3.05, 3.63) is 188 Å². The molecule has 11 aromatic rings. The summed E-state index contributed by atoms with van der Waals surface area (Å²) < 4.78 is 2.27. The first-order valence-electron chi connectivity index (χ1n) is 18.1. The van der Waals surface area contributed by atoms with Crippen LogP contribution in [0.2, 0.25) is 0 Å². The Labute approximate surface area is 306 Å². The van der Waals surface area contributed by atoms with Crippen molar-refractivity contribution < 1.29 is 0 Å². The number of fused-ring (bicyclic) bond motifs is 8. The Balaban J connectivity index is 1.19. The first kappa shape index (κ1) is 29.6. The van der Waals surface area contributed by atoms with Gasteiger partial charge in [0.1, 0.15) is 0 Å². The highest BCUT2D eigenvalue weighted by atomic mass is 15.2. The maximum absolute atomic E-state index is 5.48. The van der Waals surface area contributed by atoms with E-state index in [1.807, 2.05) is 0 Å². The summed E-state index contributed by atoms with van der Waals surface area (Å²) in [6.07, 6.45) is 0. The summed E-state index contributed by atoms with van der Waals surface area (Å²) in [5.74, 6) is 0.655. The number of hydrogen-bond acceptors (Lipinski definition) is 2. The minimum Gasteiger partial charge on any atom is -0.278 e. The van der Waals surface area contributed by atoms with Gasteiger partial charge in [0.2, 0.25) is 5.95 Å². The lowest BCUT2D eigenvalue weighted by molar-refractivity contribution is 1.01. The van der Waals surface area contributed by atoms with Gasteiger partial charge in [0, 0.05) is 21.7 Å². The molecular weight excluding hydrogens is 643 g/mol. The van der Waals surface area contributed by atoms with Crippen LogP contribution in [0.15, 0.2) is 188 Å². The number of hydrogen-bond donors (Lipinski definition) is 0. The van der Waals surface area contributed by atoms with Crippen molar-refractivity contribution in [2.45, 2.75) is 0 Å². The van der Waals surface area contributed by atoms with Gasteiger partial charge in [-0.05, 0) is 91.0 Å². The minimum absolute atomic E-state index is 0.655. The zero-order valence-corrected chi connectivity index (χ0v) is 28.7. The molecule has 53 heavy (non-hydrogen) atoms. The van der Waals surface area contributed by atoms with Crippen molar-refractivity contribution in [1.82, 2.24) is 14.5 Å². The lowest BCUT2D eigenvalue weighted by Crippen LogP contribution is -2.03. The quantitative estimate of drug-likeness (QED) is 0.186. The zero-order chi connectivity index (χ0) is 34.9. The molecule has 0 aliphatic carbocycles. The van der Waals surface area contributed by atoms with Crippen LogP contribution in [0.1, 0.15) is 0 Å². The first-order chi connectivity index (χ1) is 26.2. The van der Waals surface area contributed by atoms with E-state index >= 15 is 0 Å². The largest absolute Gasteiger partial charge is 0.278 e. The number of aromatic nitrogens is 3. The molecule has 0 saturated heterocycles. The van der Waals surface area contributed by atoms with Gasteiger partial charge in [-0.1, -0.05) is 152 Å². The Morgan fingerprint density at radius 3 is 1.70 bits per heavy atom. The van der Waals surface area contributed by atoms with Gasteiger partial charge in [0.25, 0.3) is 0 Å². The van der Waals surface area contributed by atoms with Gasteiger partial charge in [-0.25, -0.2) is 9.97 Å². The molecule has 3 heteroatoms. The molecule has 3 nitrogen and oxygen atoms in total. The SMILES string of the molecule is c1ccc(-c2ccc(-c3ccc4c(-c5ccc6ccccc6c5)nc(-n5c6cc7ccccc7cc6c6c7ccccc7ccc65)nc4c3)cc2)cc1. The van der Waals surface area contributed by atoms with Gasteiger partial charge in [-0.15, -0.1) is 0 Å². The molecular formula is C50H31N3. The van der Waals surface area contributed by atoms with E-state index in [-0.39, 0.29) is 0 Å². The van der Waals surface area contributed by atoms with Crippen LogP contribution >= 0.6 is 0 Å². The van der Waals surface area contributed by atoms with E-state index in [1.54, 1.807) is 0 Å². The zero-order valence-electron chi connectivity index (χ0n) is 28.7. The Morgan fingerprint density at radius 2 is 0.906 bits per heavy atom. The molecule has 0 fully saturated rings. The molecule has 0 N–H and O–H groups in total. The Bertz CT molecular complexity index is 3210. The van der Waals surface area contributed by atoms with E-state index in [1.165, 1.54) is 54.2 Å². The molecule has 0 spiro atoms. The first-order valence-corrected chi connectivity index (χ1v) is 18.1. The van der Waals surface area contributed by atoms with Crippen molar-refractivity contribution in [1.29, 1.82) is 0 Å². The van der Waals surface area contributed by atoms with Crippen molar-refractivity contribution in [2.24, 2.45) is 0 Å². The predicted molar refractivity (Wildman–Crippen MR) is 223 cm³/mol. The van der Waals surface area contributed by atoms with Crippen LogP contribution in [0.4, 0.5) is 0 Å². The smallest absolute Gasteiger partial charge is 0.235 e. The van der Waals surface area contributed by atoms with Crippen molar-refractivity contribution in [3.8, 4) is 39.5 Å². The average Bonchev–Trinajstić information content (AvgIpc) is 3.56. The molecule has 246 valence electrons. The second kappa shape index (κ2) is 11.7. The number of benzene rings is 9. The Hall–Kier alpha value is -7.10. The molecule has 2 aromatic heterocycles. The van der Waals surface area contributed by atoms with E-state index < -0.39 is 0 Å². The summed E-state index contributed by atoms with van der Waals surface area (Å²) in [6.45, 7) is 0. The van der Waals surface area contributed by atoms with E-state index in [9.17, 15) is 0 Å². The van der Waals surface area contributed by atoms with Gasteiger partial charge < -0.3 is 0 Å². The third-order valence-electron chi connectivity index (χ3n) is 10.8. The van der Waals surface area contributed by atoms with Crippen LogP contribution in [0.25, 0.3) is 104 Å². The summed E-state index contributed by atoms with van der Waals surface area (Å²) >= 11 is 0. The molecule has 0 bridgehead atoms. The Morgan fingerprint density at radius 1 is 0.321 bits per heavy atom. The molecule has 0 radical (unpaired) electrons. The molecule has 0 amide bonds. The molecule has 9 aromatic carbocycles. The van der Waals surface area contributed by atoms with E-state index in [0.29, 0.717) is 5.95 Å². The van der Waals surface area contributed by atoms with Crippen LogP contribution in [0, 0.1) is 0 Å². The van der Waals surface area contributed by atoms with Gasteiger partial charge in [0.05, 0.1) is 22.2 Å². The fourth-order valence-electron chi connectivity index (χ4n) is 8.13. The monoisotopic (exact) mass is 673 g/mol. The Kier molecular flexibility index (Phi) is 6.55. The molecule has 0 atom stereocenters. The maximum atomic E-state index is 5.48. The summed E-state index contributed by atoms with van der Waals surface area (Å²) in [5, 5.41) is 10.7. The van der Waals surface area contributed by atoms with Crippen molar-refractivity contribution in [3.63, 3.8) is 0 Å². The summed E-state index contributed by atoms with van der Waals surface area (Å²) in [7, 11) is 0. The van der Waals surface area contributed by atoms with E-state index in [2.05, 4.69) is 193 Å². The fourth-order valence-corrected chi connectivity index (χ4v) is 8.13. The summed E-state index contributed by atoms with van der Waals surface area (Å²) in [4.78, 5) is 10.9. The van der Waals surface area contributed by atoms with Crippen LogP contribution in [0.3, 0.4) is 0 Å². The van der Waals surface area contributed by atoms with Gasteiger partial charge >= 0.3 is 0 Å². The molecule has 11 rings (SSSR count). The summed E-state index contributed by atoms with van der Waals surface area (Å²) in [5.41, 5.74) is 9.73. The third kappa shape index (κ3) is 4.82. The minimum atomic E-state index is 0.655. The van der Waals surface area contributed by atoms with Crippen LogP contribution in [-0.2, 0) is 0 Å². The standard InChI is InChI=1S/C50H31N3/c1-2-10-32(11-3-1)34-18-20-35(21-19-34)40-24-26-43-45(30-40)51-50(52-49(43)41-23-22-33-12-4-5-14-37(33)28-41)53-46-27-25-36-13-8-9-17-42(36)48(46)44-29-38-15-6-7-16-39(38)31-47(44)53/h1-31H. The lowest BCUT2D eigenvalue weighted by Gasteiger charge is -2.14. The molecule has 0 aliphatic rings. The van der Waals surface area contributed by atoms with Gasteiger partial charge in [-0.2, -0.15) is 0 Å². The highest BCUT2D eigenvalue weighted by molar-refractivity contribution is 6.23. The van der Waals surface area contributed by atoms with Crippen molar-refractivity contribution in [2.75, 3.05) is 0 Å². The topological polar surface area (TPSA) is 30.7 Å². The van der Waals surface area contributed by atoms with Crippen LogP contribution in [0.5, 0.6) is 0 Å². The van der Waals surface area contributed by atoms with Gasteiger partial charge in [-0.3, -0.25) is 4.57 Å². The van der Waals surface area contributed by atoms with E-state index in [4.69, 9.17) is 9.97 Å². The highest BCUT2D eigenvalue weighted by Gasteiger charge is 2.20.